The fourth-order valence-electron chi connectivity index (χ4n) is 1.96. The highest BCUT2D eigenvalue weighted by Crippen LogP contribution is 2.22. The molecule has 0 bridgehead atoms. The molecule has 1 N–H and O–H groups in total. The maximum absolute atomic E-state index is 11.8. The fourth-order valence-corrected chi connectivity index (χ4v) is 2.12. The highest BCUT2D eigenvalue weighted by atomic mass is 35.5. The molecule has 0 radical (unpaired) electrons. The van der Waals surface area contributed by atoms with Gasteiger partial charge in [0, 0.05) is 0 Å². The molecule has 0 atom stereocenters. The molecule has 0 fully saturated rings. The van der Waals surface area contributed by atoms with Crippen molar-refractivity contribution in [2.75, 3.05) is 0 Å². The Hall–Kier alpha value is -1.80. The highest BCUT2D eigenvalue weighted by molar-refractivity contribution is 6.30. The first-order valence-electron chi connectivity index (χ1n) is 4.96. The van der Waals surface area contributed by atoms with Crippen LogP contribution in [0.5, 0.6) is 0 Å². The fraction of sp³-hybridized carbons (Fsp3) is 0. The van der Waals surface area contributed by atoms with E-state index in [2.05, 4.69) is 4.98 Å². The number of hydrogen-bond donors (Lipinski definition) is 1. The predicted molar refractivity (Wildman–Crippen MR) is 67.1 cm³/mol. The van der Waals surface area contributed by atoms with Gasteiger partial charge in [-0.3, -0.25) is 4.79 Å². The lowest BCUT2D eigenvalue weighted by atomic mass is 10.1. The zero-order valence-corrected chi connectivity index (χ0v) is 9.08. The Labute approximate surface area is 96.5 Å². The van der Waals surface area contributed by atoms with E-state index < -0.39 is 0 Å². The van der Waals surface area contributed by atoms with Crippen LogP contribution in [0.3, 0.4) is 0 Å². The zero-order chi connectivity index (χ0) is 11.1. The van der Waals surface area contributed by atoms with E-state index in [1.54, 1.807) is 18.2 Å². The quantitative estimate of drug-likeness (QED) is 0.466. The van der Waals surface area contributed by atoms with Crippen LogP contribution >= 0.6 is 11.6 Å². The zero-order valence-electron chi connectivity index (χ0n) is 8.33. The van der Waals surface area contributed by atoms with Crippen molar-refractivity contribution in [3.63, 3.8) is 0 Å². The van der Waals surface area contributed by atoms with E-state index in [0.29, 0.717) is 10.5 Å². The van der Waals surface area contributed by atoms with Crippen molar-refractivity contribution >= 4 is 33.3 Å². The van der Waals surface area contributed by atoms with Crippen molar-refractivity contribution in [1.82, 2.24) is 4.98 Å². The van der Waals surface area contributed by atoms with Gasteiger partial charge in [0.05, 0.1) is 10.9 Å². The summed E-state index contributed by atoms with van der Waals surface area (Å²) < 4.78 is 0. The molecule has 0 aliphatic rings. The Bertz CT molecular complexity index is 746. The molecule has 0 aliphatic carbocycles. The molecule has 1 heterocycles. The Kier molecular flexibility index (Phi) is 1.98. The summed E-state index contributed by atoms with van der Waals surface area (Å²) in [7, 11) is 0. The summed E-state index contributed by atoms with van der Waals surface area (Å²) >= 11 is 5.91. The van der Waals surface area contributed by atoms with Crippen molar-refractivity contribution in [2.45, 2.75) is 0 Å². The smallest absolute Gasteiger partial charge is 0.188 e. The van der Waals surface area contributed by atoms with Crippen LogP contribution in [0.1, 0.15) is 0 Å². The van der Waals surface area contributed by atoms with E-state index in [-0.39, 0.29) is 5.43 Å². The Morgan fingerprint density at radius 3 is 2.56 bits per heavy atom. The van der Waals surface area contributed by atoms with Crippen molar-refractivity contribution in [1.29, 1.82) is 0 Å². The molecule has 78 valence electrons. The van der Waals surface area contributed by atoms with Crippen LogP contribution < -0.4 is 5.43 Å². The van der Waals surface area contributed by atoms with Crippen LogP contribution in [0.25, 0.3) is 21.7 Å². The van der Waals surface area contributed by atoms with Crippen molar-refractivity contribution in [2.24, 2.45) is 0 Å². The molecule has 3 rings (SSSR count). The van der Waals surface area contributed by atoms with Crippen LogP contribution in [0.15, 0.2) is 47.3 Å². The van der Waals surface area contributed by atoms with Gasteiger partial charge in [0.25, 0.3) is 0 Å². The maximum atomic E-state index is 11.8. The maximum Gasteiger partial charge on any atom is 0.188 e. The first kappa shape index (κ1) is 9.43. The van der Waals surface area contributed by atoms with Gasteiger partial charge in [-0.05, 0) is 29.0 Å². The molecule has 1 aromatic heterocycles. The van der Waals surface area contributed by atoms with Gasteiger partial charge in [0.1, 0.15) is 5.15 Å². The van der Waals surface area contributed by atoms with Crippen LogP contribution in [0, 0.1) is 0 Å². The van der Waals surface area contributed by atoms with Crippen LogP contribution in [-0.4, -0.2) is 4.98 Å². The summed E-state index contributed by atoms with van der Waals surface area (Å²) in [6.45, 7) is 0. The van der Waals surface area contributed by atoms with Crippen molar-refractivity contribution in [3.8, 4) is 0 Å². The lowest BCUT2D eigenvalue weighted by Gasteiger charge is -2.03. The number of nitrogens with one attached hydrogen (secondary N) is 1. The molecule has 16 heavy (non-hydrogen) atoms. The molecule has 0 unspecified atom stereocenters. The summed E-state index contributed by atoms with van der Waals surface area (Å²) in [5.74, 6) is 0. The van der Waals surface area contributed by atoms with Crippen molar-refractivity contribution < 1.29 is 0 Å². The van der Waals surface area contributed by atoms with Gasteiger partial charge >= 0.3 is 0 Å². The lowest BCUT2D eigenvalue weighted by molar-refractivity contribution is 1.42. The minimum absolute atomic E-state index is 0.0154. The topological polar surface area (TPSA) is 32.9 Å². The van der Waals surface area contributed by atoms with E-state index >= 15 is 0 Å². The van der Waals surface area contributed by atoms with Gasteiger partial charge in [-0.1, -0.05) is 35.9 Å². The number of benzene rings is 2. The van der Waals surface area contributed by atoms with Gasteiger partial charge in [-0.2, -0.15) is 0 Å². The monoisotopic (exact) mass is 229 g/mol. The third-order valence-electron chi connectivity index (χ3n) is 2.69. The number of fused-ring (bicyclic) bond motifs is 3. The van der Waals surface area contributed by atoms with Crippen LogP contribution in [0.4, 0.5) is 0 Å². The first-order chi connectivity index (χ1) is 7.75. The number of rotatable bonds is 0. The molecule has 3 heteroatoms. The minimum Gasteiger partial charge on any atom is -0.345 e. The Balaban J connectivity index is 2.67. The highest BCUT2D eigenvalue weighted by Gasteiger charge is 2.04. The summed E-state index contributed by atoms with van der Waals surface area (Å²) in [4.78, 5) is 14.9. The van der Waals surface area contributed by atoms with E-state index in [4.69, 9.17) is 11.6 Å². The number of aromatic nitrogens is 1. The second-order valence-electron chi connectivity index (χ2n) is 3.69. The number of aromatic amines is 1. The Morgan fingerprint density at radius 2 is 1.69 bits per heavy atom. The van der Waals surface area contributed by atoms with Crippen molar-refractivity contribution in [3.05, 3.63) is 57.8 Å². The van der Waals surface area contributed by atoms with Gasteiger partial charge in [-0.15, -0.1) is 0 Å². The second kappa shape index (κ2) is 3.35. The van der Waals surface area contributed by atoms with E-state index in [1.807, 2.05) is 24.3 Å². The number of pyridine rings is 1. The molecule has 2 aromatic carbocycles. The van der Waals surface area contributed by atoms with E-state index in [0.717, 1.165) is 16.3 Å². The second-order valence-corrected chi connectivity index (χ2v) is 4.10. The van der Waals surface area contributed by atoms with Gasteiger partial charge in [0.2, 0.25) is 0 Å². The van der Waals surface area contributed by atoms with Gasteiger partial charge in [-0.25, -0.2) is 0 Å². The number of H-pyrrole nitrogens is 1. The average Bonchev–Trinajstić information content (AvgIpc) is 2.28. The molecule has 0 spiro atoms. The molecular formula is C13H8ClNO. The summed E-state index contributed by atoms with van der Waals surface area (Å²) in [6, 6.07) is 12.9. The molecule has 0 saturated carbocycles. The van der Waals surface area contributed by atoms with Crippen LogP contribution in [-0.2, 0) is 0 Å². The first-order valence-corrected chi connectivity index (χ1v) is 5.34. The average molecular weight is 230 g/mol. The normalized spacial score (nSPS) is 11.1. The molecule has 0 aliphatic heterocycles. The molecular weight excluding hydrogens is 222 g/mol. The van der Waals surface area contributed by atoms with Gasteiger partial charge < -0.3 is 4.98 Å². The Morgan fingerprint density at radius 1 is 0.938 bits per heavy atom. The van der Waals surface area contributed by atoms with E-state index in [9.17, 15) is 4.79 Å². The lowest BCUT2D eigenvalue weighted by Crippen LogP contribution is -1.99. The standard InChI is InChI=1S/C13H8ClNO/c14-11-7-6-9-5-4-8-2-1-3-10(16)12(8)13(9)15-11/h1-7,15H. The van der Waals surface area contributed by atoms with Crippen LogP contribution in [0.2, 0.25) is 5.15 Å². The largest absolute Gasteiger partial charge is 0.345 e. The molecule has 3 aromatic rings. The predicted octanol–water partition coefficient (Wildman–Crippen LogP) is 3.33. The molecule has 0 saturated heterocycles. The molecule has 2 nitrogen and oxygen atoms in total. The van der Waals surface area contributed by atoms with E-state index in [1.165, 1.54) is 0 Å². The van der Waals surface area contributed by atoms with Gasteiger partial charge in [0.15, 0.2) is 5.43 Å². The summed E-state index contributed by atoms with van der Waals surface area (Å²) in [5.41, 5.74) is 0.817. The minimum atomic E-state index is 0.0154. The third-order valence-corrected chi connectivity index (χ3v) is 2.91. The third kappa shape index (κ3) is 1.31. The summed E-state index contributed by atoms with van der Waals surface area (Å²) in [5, 5.41) is 3.14. The number of hydrogen-bond acceptors (Lipinski definition) is 1. The summed E-state index contributed by atoms with van der Waals surface area (Å²) in [6.07, 6.45) is 0. The molecule has 0 amide bonds. The SMILES string of the molecule is O=c1cccc2ccc3ccc(Cl)[nH]c3c12. The number of halogens is 1.